The second-order valence-electron chi connectivity index (χ2n) is 5.59. The van der Waals surface area contributed by atoms with Gasteiger partial charge in [-0.05, 0) is 30.9 Å². The van der Waals surface area contributed by atoms with Gasteiger partial charge in [-0.3, -0.25) is 0 Å². The van der Waals surface area contributed by atoms with Gasteiger partial charge in [-0.1, -0.05) is 11.6 Å². The molecule has 0 aliphatic carbocycles. The van der Waals surface area contributed by atoms with E-state index in [-0.39, 0.29) is 5.15 Å². The molecule has 1 atom stereocenters. The topological polar surface area (TPSA) is 104 Å². The molecule has 0 aromatic carbocycles. The first-order valence-electron chi connectivity index (χ1n) is 7.27. The van der Waals surface area contributed by atoms with Crippen molar-refractivity contribution in [1.29, 1.82) is 0 Å². The molecule has 8 heteroatoms. The van der Waals surface area contributed by atoms with Crippen molar-refractivity contribution >= 4 is 46.2 Å². The number of pyridine rings is 2. The van der Waals surface area contributed by atoms with Gasteiger partial charge in [0.25, 0.3) is 0 Å². The van der Waals surface area contributed by atoms with Crippen LogP contribution in [0.1, 0.15) is 18.9 Å². The highest BCUT2D eigenvalue weighted by atomic mass is 35.5. The van der Waals surface area contributed by atoms with Crippen molar-refractivity contribution in [2.45, 2.75) is 19.4 Å². The fourth-order valence-electron chi connectivity index (χ4n) is 2.66. The summed E-state index contributed by atoms with van der Waals surface area (Å²) in [6.45, 7) is 2.96. The average Bonchev–Trinajstić information content (AvgIpc) is 2.51. The highest BCUT2D eigenvalue weighted by Gasteiger charge is 2.27. The van der Waals surface area contributed by atoms with Crippen LogP contribution in [0.25, 0.3) is 16.8 Å². The van der Waals surface area contributed by atoms with Crippen molar-refractivity contribution in [1.82, 2.24) is 9.97 Å². The molecule has 0 spiro atoms. The predicted octanol–water partition coefficient (Wildman–Crippen LogP) is 2.43. The normalized spacial score (nSPS) is 16.6. The number of fused-ring (bicyclic) bond motifs is 1. The molecule has 0 bridgehead atoms. The van der Waals surface area contributed by atoms with Crippen molar-refractivity contribution in [3.63, 3.8) is 0 Å². The van der Waals surface area contributed by atoms with E-state index in [1.165, 1.54) is 6.20 Å². The first-order valence-corrected chi connectivity index (χ1v) is 7.65. The van der Waals surface area contributed by atoms with Crippen LogP contribution in [0.15, 0.2) is 24.0 Å². The molecule has 2 aromatic heterocycles. The highest BCUT2D eigenvalue weighted by molar-refractivity contribution is 6.30. The number of rotatable bonds is 4. The number of hydrogen-bond donors (Lipinski definition) is 2. The van der Waals surface area contributed by atoms with Gasteiger partial charge in [0.1, 0.15) is 16.5 Å². The Bertz CT molecular complexity index is 865. The maximum absolute atomic E-state index is 11.1. The standard InChI is InChI=1S/C16H14ClN3O4/c1-8-2-3-20(8)14-12-7-18-13(17)5-10(12)9(6-19-14)4-11(15(21)22)16(23)24/h4-8H,2-3H2,1H3,(H,21,22)(H,23,24)/t8-/m1/s1. The van der Waals surface area contributed by atoms with Gasteiger partial charge >= 0.3 is 11.9 Å². The summed E-state index contributed by atoms with van der Waals surface area (Å²) in [6.07, 6.45) is 5.18. The summed E-state index contributed by atoms with van der Waals surface area (Å²) in [5.41, 5.74) is -0.373. The molecule has 0 amide bonds. The molecule has 0 unspecified atom stereocenters. The van der Waals surface area contributed by atoms with Gasteiger partial charge in [-0.2, -0.15) is 0 Å². The average molecular weight is 348 g/mol. The SMILES string of the molecule is C[C@@H]1CCN1c1ncc(C=C(C(=O)O)C(=O)O)c2cc(Cl)ncc12. The Hall–Kier alpha value is -2.67. The third kappa shape index (κ3) is 2.78. The van der Waals surface area contributed by atoms with E-state index < -0.39 is 17.5 Å². The Morgan fingerprint density at radius 3 is 2.50 bits per heavy atom. The Kier molecular flexibility index (Phi) is 4.11. The summed E-state index contributed by atoms with van der Waals surface area (Å²) in [6, 6.07) is 1.94. The number of carboxylic acid groups (broad SMARTS) is 2. The van der Waals surface area contributed by atoms with Gasteiger partial charge < -0.3 is 15.1 Å². The quantitative estimate of drug-likeness (QED) is 0.379. The smallest absolute Gasteiger partial charge is 0.343 e. The molecule has 24 heavy (non-hydrogen) atoms. The second-order valence-corrected chi connectivity index (χ2v) is 5.98. The van der Waals surface area contributed by atoms with Crippen LogP contribution in [-0.2, 0) is 9.59 Å². The van der Waals surface area contributed by atoms with Gasteiger partial charge in [0.15, 0.2) is 0 Å². The third-order valence-electron chi connectivity index (χ3n) is 4.10. The van der Waals surface area contributed by atoms with Gasteiger partial charge in [-0.25, -0.2) is 19.6 Å². The zero-order chi connectivity index (χ0) is 17.4. The van der Waals surface area contributed by atoms with Gasteiger partial charge in [0, 0.05) is 35.9 Å². The molecule has 7 nitrogen and oxygen atoms in total. The molecule has 1 aliphatic heterocycles. The van der Waals surface area contributed by atoms with Crippen LogP contribution >= 0.6 is 11.6 Å². The number of carbonyl (C=O) groups is 2. The minimum atomic E-state index is -1.52. The fourth-order valence-corrected chi connectivity index (χ4v) is 2.82. The highest BCUT2D eigenvalue weighted by Crippen LogP contribution is 2.33. The summed E-state index contributed by atoms with van der Waals surface area (Å²) in [5.74, 6) is -2.30. The van der Waals surface area contributed by atoms with Crippen LogP contribution in [0.2, 0.25) is 5.15 Å². The lowest BCUT2D eigenvalue weighted by Crippen LogP contribution is -2.46. The molecular formula is C16H14ClN3O4. The van der Waals surface area contributed by atoms with E-state index in [4.69, 9.17) is 21.8 Å². The number of nitrogens with zero attached hydrogens (tertiary/aromatic N) is 3. The van der Waals surface area contributed by atoms with Gasteiger partial charge in [0.05, 0.1) is 0 Å². The van der Waals surface area contributed by atoms with Crippen molar-refractivity contribution in [2.24, 2.45) is 0 Å². The van der Waals surface area contributed by atoms with E-state index in [1.807, 2.05) is 0 Å². The molecule has 1 aliphatic rings. The van der Waals surface area contributed by atoms with Crippen LogP contribution in [0.3, 0.4) is 0 Å². The van der Waals surface area contributed by atoms with Crippen LogP contribution in [0.4, 0.5) is 5.82 Å². The van der Waals surface area contributed by atoms with Crippen molar-refractivity contribution in [2.75, 3.05) is 11.4 Å². The van der Waals surface area contributed by atoms with Crippen molar-refractivity contribution < 1.29 is 19.8 Å². The second kappa shape index (κ2) is 6.09. The minimum absolute atomic E-state index is 0.234. The number of hydrogen-bond acceptors (Lipinski definition) is 5. The number of aromatic nitrogens is 2. The summed E-state index contributed by atoms with van der Waals surface area (Å²) >= 11 is 5.96. The molecule has 0 radical (unpaired) electrons. The van der Waals surface area contributed by atoms with Crippen LogP contribution < -0.4 is 4.90 Å². The van der Waals surface area contributed by atoms with E-state index in [9.17, 15) is 9.59 Å². The van der Waals surface area contributed by atoms with E-state index in [0.29, 0.717) is 22.4 Å². The lowest BCUT2D eigenvalue weighted by atomic mass is 10.0. The largest absolute Gasteiger partial charge is 0.477 e. The lowest BCUT2D eigenvalue weighted by molar-refractivity contribution is -0.139. The molecule has 3 heterocycles. The van der Waals surface area contributed by atoms with E-state index in [2.05, 4.69) is 21.8 Å². The fraction of sp³-hybridized carbons (Fsp3) is 0.250. The number of halogens is 1. The molecule has 3 rings (SSSR count). The number of anilines is 1. The van der Waals surface area contributed by atoms with E-state index in [0.717, 1.165) is 24.9 Å². The Morgan fingerprint density at radius 1 is 1.25 bits per heavy atom. The maximum Gasteiger partial charge on any atom is 0.343 e. The molecule has 1 saturated heterocycles. The number of carboxylic acids is 2. The Morgan fingerprint density at radius 2 is 1.96 bits per heavy atom. The summed E-state index contributed by atoms with van der Waals surface area (Å²) in [4.78, 5) is 32.8. The summed E-state index contributed by atoms with van der Waals surface area (Å²) < 4.78 is 0. The Labute approximate surface area is 142 Å². The molecule has 124 valence electrons. The molecular weight excluding hydrogens is 334 g/mol. The molecule has 0 saturated carbocycles. The maximum atomic E-state index is 11.1. The van der Waals surface area contributed by atoms with E-state index >= 15 is 0 Å². The van der Waals surface area contributed by atoms with Gasteiger partial charge in [-0.15, -0.1) is 0 Å². The van der Waals surface area contributed by atoms with Crippen molar-refractivity contribution in [3.8, 4) is 0 Å². The van der Waals surface area contributed by atoms with Gasteiger partial charge in [0.2, 0.25) is 0 Å². The summed E-state index contributed by atoms with van der Waals surface area (Å²) in [5, 5.41) is 19.6. The van der Waals surface area contributed by atoms with Crippen molar-refractivity contribution in [3.05, 3.63) is 34.7 Å². The lowest BCUT2D eigenvalue weighted by Gasteiger charge is -2.40. The van der Waals surface area contributed by atoms with E-state index in [1.54, 1.807) is 12.3 Å². The van der Waals surface area contributed by atoms with Crippen LogP contribution in [0, 0.1) is 0 Å². The summed E-state index contributed by atoms with van der Waals surface area (Å²) in [7, 11) is 0. The van der Waals surface area contributed by atoms with Crippen LogP contribution in [0.5, 0.6) is 0 Å². The molecule has 1 fully saturated rings. The zero-order valence-electron chi connectivity index (χ0n) is 12.7. The first-order chi connectivity index (χ1) is 11.4. The zero-order valence-corrected chi connectivity index (χ0v) is 13.5. The first kappa shape index (κ1) is 16.2. The molecule has 2 aromatic rings. The predicted molar refractivity (Wildman–Crippen MR) is 89.2 cm³/mol. The number of aliphatic carboxylic acids is 2. The Balaban J connectivity index is 2.21. The third-order valence-corrected chi connectivity index (χ3v) is 4.31. The minimum Gasteiger partial charge on any atom is -0.477 e. The monoisotopic (exact) mass is 347 g/mol. The van der Waals surface area contributed by atoms with Crippen LogP contribution in [-0.4, -0.2) is 44.7 Å². The molecule has 2 N–H and O–H groups in total.